The SMILES string of the molecule is Cc1cc(C)cc([C@H]2CCN(C(=O)c3c[nH]c(C)cc3=O)C2)c1. The minimum atomic E-state index is -0.207. The summed E-state index contributed by atoms with van der Waals surface area (Å²) in [4.78, 5) is 29.4. The molecule has 2 heterocycles. The van der Waals surface area contributed by atoms with Gasteiger partial charge in [-0.25, -0.2) is 0 Å². The summed E-state index contributed by atoms with van der Waals surface area (Å²) in [5.74, 6) is 0.181. The minimum absolute atomic E-state index is 0.168. The Kier molecular flexibility index (Phi) is 4.07. The van der Waals surface area contributed by atoms with Crippen LogP contribution >= 0.6 is 0 Å². The van der Waals surface area contributed by atoms with E-state index in [0.717, 1.165) is 12.1 Å². The van der Waals surface area contributed by atoms with Gasteiger partial charge in [0.2, 0.25) is 0 Å². The van der Waals surface area contributed by atoms with Crippen LogP contribution in [0.25, 0.3) is 0 Å². The molecule has 120 valence electrons. The number of pyridine rings is 1. The van der Waals surface area contributed by atoms with Gasteiger partial charge in [0.05, 0.1) is 0 Å². The Morgan fingerprint density at radius 2 is 1.83 bits per heavy atom. The molecule has 0 radical (unpaired) electrons. The number of benzene rings is 1. The third-order valence-electron chi connectivity index (χ3n) is 4.48. The molecule has 1 amide bonds. The van der Waals surface area contributed by atoms with Gasteiger partial charge in [-0.1, -0.05) is 29.3 Å². The number of hydrogen-bond acceptors (Lipinski definition) is 2. The van der Waals surface area contributed by atoms with Crippen LogP contribution in [0.4, 0.5) is 0 Å². The molecule has 0 spiro atoms. The molecule has 3 rings (SSSR count). The predicted octanol–water partition coefficient (Wildman–Crippen LogP) is 2.93. The first-order valence-electron chi connectivity index (χ1n) is 8.01. The molecule has 1 aromatic heterocycles. The van der Waals surface area contributed by atoms with E-state index in [1.54, 1.807) is 4.90 Å². The van der Waals surface area contributed by atoms with Gasteiger partial charge < -0.3 is 9.88 Å². The molecule has 1 atom stereocenters. The maximum atomic E-state index is 12.6. The lowest BCUT2D eigenvalue weighted by Crippen LogP contribution is -2.32. The Balaban J connectivity index is 1.79. The van der Waals surface area contributed by atoms with Crippen molar-refractivity contribution in [2.75, 3.05) is 13.1 Å². The maximum absolute atomic E-state index is 12.6. The number of aromatic nitrogens is 1. The number of H-pyrrole nitrogens is 1. The summed E-state index contributed by atoms with van der Waals surface area (Å²) in [6.45, 7) is 7.38. The molecule has 0 unspecified atom stereocenters. The summed E-state index contributed by atoms with van der Waals surface area (Å²) in [5, 5.41) is 0. The topological polar surface area (TPSA) is 53.2 Å². The molecule has 1 saturated heterocycles. The van der Waals surface area contributed by atoms with Crippen LogP contribution in [0.15, 0.2) is 35.3 Å². The van der Waals surface area contributed by atoms with Gasteiger partial charge in [0.1, 0.15) is 5.56 Å². The van der Waals surface area contributed by atoms with Crippen molar-refractivity contribution in [2.45, 2.75) is 33.1 Å². The molecule has 4 nitrogen and oxygen atoms in total. The number of rotatable bonds is 2. The van der Waals surface area contributed by atoms with E-state index in [-0.39, 0.29) is 16.9 Å². The fraction of sp³-hybridized carbons (Fsp3) is 0.368. The third kappa shape index (κ3) is 3.21. The van der Waals surface area contributed by atoms with Crippen molar-refractivity contribution in [2.24, 2.45) is 0 Å². The minimum Gasteiger partial charge on any atom is -0.364 e. The average molecular weight is 310 g/mol. The van der Waals surface area contributed by atoms with Crippen LogP contribution in [0.5, 0.6) is 0 Å². The molecular formula is C19H22N2O2. The van der Waals surface area contributed by atoms with Crippen molar-refractivity contribution >= 4 is 5.91 Å². The normalized spacial score (nSPS) is 17.5. The lowest BCUT2D eigenvalue weighted by atomic mass is 9.95. The molecular weight excluding hydrogens is 288 g/mol. The van der Waals surface area contributed by atoms with E-state index in [2.05, 4.69) is 37.0 Å². The van der Waals surface area contributed by atoms with E-state index in [1.165, 1.54) is 29.0 Å². The lowest BCUT2D eigenvalue weighted by Gasteiger charge is -2.17. The standard InChI is InChI=1S/C19H22N2O2/c1-12-6-13(2)8-16(7-12)15-4-5-21(11-15)19(23)17-10-20-14(3)9-18(17)22/h6-10,15H,4-5,11H2,1-3H3,(H,20,22)/t15-/m0/s1. The van der Waals surface area contributed by atoms with E-state index >= 15 is 0 Å². The lowest BCUT2D eigenvalue weighted by molar-refractivity contribution is 0.0789. The summed E-state index contributed by atoms with van der Waals surface area (Å²) in [7, 11) is 0. The highest BCUT2D eigenvalue weighted by atomic mass is 16.2. The fourth-order valence-electron chi connectivity index (χ4n) is 3.37. The van der Waals surface area contributed by atoms with Crippen molar-refractivity contribution in [1.82, 2.24) is 9.88 Å². The summed E-state index contributed by atoms with van der Waals surface area (Å²) < 4.78 is 0. The monoisotopic (exact) mass is 310 g/mol. The largest absolute Gasteiger partial charge is 0.364 e. The molecule has 1 aromatic carbocycles. The highest BCUT2D eigenvalue weighted by Gasteiger charge is 2.29. The number of aromatic amines is 1. The number of hydrogen-bond donors (Lipinski definition) is 1. The van der Waals surface area contributed by atoms with Gasteiger partial charge in [-0.05, 0) is 32.8 Å². The number of likely N-dealkylation sites (tertiary alicyclic amines) is 1. The van der Waals surface area contributed by atoms with E-state index in [4.69, 9.17) is 0 Å². The predicted molar refractivity (Wildman–Crippen MR) is 91.0 cm³/mol. The zero-order chi connectivity index (χ0) is 16.6. The highest BCUT2D eigenvalue weighted by molar-refractivity contribution is 5.94. The second-order valence-corrected chi connectivity index (χ2v) is 6.55. The third-order valence-corrected chi connectivity index (χ3v) is 4.48. The molecule has 0 bridgehead atoms. The molecule has 0 saturated carbocycles. The van der Waals surface area contributed by atoms with E-state index in [0.29, 0.717) is 19.0 Å². The maximum Gasteiger partial charge on any atom is 0.259 e. The van der Waals surface area contributed by atoms with Crippen molar-refractivity contribution in [3.8, 4) is 0 Å². The number of amides is 1. The molecule has 23 heavy (non-hydrogen) atoms. The van der Waals surface area contributed by atoms with E-state index in [1.807, 2.05) is 6.92 Å². The second kappa shape index (κ2) is 6.03. The molecule has 1 fully saturated rings. The van der Waals surface area contributed by atoms with Gasteiger partial charge in [0.25, 0.3) is 5.91 Å². The molecule has 2 aromatic rings. The van der Waals surface area contributed by atoms with Gasteiger partial charge >= 0.3 is 0 Å². The summed E-state index contributed by atoms with van der Waals surface area (Å²) in [6, 6.07) is 8.03. The van der Waals surface area contributed by atoms with Crippen LogP contribution in [-0.4, -0.2) is 28.9 Å². The first kappa shape index (κ1) is 15.5. The van der Waals surface area contributed by atoms with Gasteiger partial charge in [-0.3, -0.25) is 9.59 Å². The summed E-state index contributed by atoms with van der Waals surface area (Å²) in [5.41, 5.74) is 4.58. The second-order valence-electron chi connectivity index (χ2n) is 6.55. The average Bonchev–Trinajstić information content (AvgIpc) is 2.95. The van der Waals surface area contributed by atoms with E-state index < -0.39 is 0 Å². The van der Waals surface area contributed by atoms with Crippen LogP contribution in [0.2, 0.25) is 0 Å². The number of carbonyl (C=O) groups is 1. The van der Waals surface area contributed by atoms with E-state index in [9.17, 15) is 9.59 Å². The van der Waals surface area contributed by atoms with Crippen LogP contribution in [-0.2, 0) is 0 Å². The van der Waals surface area contributed by atoms with Gasteiger partial charge in [-0.2, -0.15) is 0 Å². The van der Waals surface area contributed by atoms with Gasteiger partial charge in [0.15, 0.2) is 5.43 Å². The summed E-state index contributed by atoms with van der Waals surface area (Å²) >= 11 is 0. The Morgan fingerprint density at radius 3 is 2.48 bits per heavy atom. The van der Waals surface area contributed by atoms with Crippen LogP contribution in [0.3, 0.4) is 0 Å². The quantitative estimate of drug-likeness (QED) is 0.927. The Bertz CT molecular complexity index is 787. The van der Waals surface area contributed by atoms with Crippen molar-refractivity contribution in [3.05, 3.63) is 68.6 Å². The number of aryl methyl sites for hydroxylation is 3. The number of nitrogens with zero attached hydrogens (tertiary/aromatic N) is 1. The molecule has 1 N–H and O–H groups in total. The molecule has 0 aliphatic carbocycles. The van der Waals surface area contributed by atoms with Crippen LogP contribution < -0.4 is 5.43 Å². The summed E-state index contributed by atoms with van der Waals surface area (Å²) in [6.07, 6.45) is 2.47. The van der Waals surface area contributed by atoms with Crippen LogP contribution in [0, 0.1) is 20.8 Å². The highest BCUT2D eigenvalue weighted by Crippen LogP contribution is 2.29. The molecule has 1 aliphatic heterocycles. The van der Waals surface area contributed by atoms with Crippen molar-refractivity contribution in [3.63, 3.8) is 0 Å². The van der Waals surface area contributed by atoms with Gasteiger partial charge in [0, 0.05) is 37.0 Å². The van der Waals surface area contributed by atoms with Crippen molar-refractivity contribution < 1.29 is 4.79 Å². The first-order valence-corrected chi connectivity index (χ1v) is 8.01. The number of nitrogens with one attached hydrogen (secondary N) is 1. The van der Waals surface area contributed by atoms with Crippen molar-refractivity contribution in [1.29, 1.82) is 0 Å². The number of carbonyl (C=O) groups excluding carboxylic acids is 1. The fourth-order valence-corrected chi connectivity index (χ4v) is 3.37. The van der Waals surface area contributed by atoms with Gasteiger partial charge in [-0.15, -0.1) is 0 Å². The zero-order valence-corrected chi connectivity index (χ0v) is 13.8. The smallest absolute Gasteiger partial charge is 0.259 e. The first-order chi connectivity index (χ1) is 10.9. The van der Waals surface area contributed by atoms with Crippen LogP contribution in [0.1, 0.15) is 45.1 Å². The molecule has 1 aliphatic rings. The molecule has 4 heteroatoms. The Morgan fingerprint density at radius 1 is 1.13 bits per heavy atom. The zero-order valence-electron chi connectivity index (χ0n) is 13.8. The Labute approximate surface area is 136 Å². The Hall–Kier alpha value is -2.36.